The summed E-state index contributed by atoms with van der Waals surface area (Å²) < 4.78 is 13.5. The minimum atomic E-state index is -0.229. The number of hydrogen-bond donors (Lipinski definition) is 0. The Morgan fingerprint density at radius 2 is 1.75 bits per heavy atom. The molecule has 2 aliphatic heterocycles. The summed E-state index contributed by atoms with van der Waals surface area (Å²) in [6.07, 6.45) is 9.14. The van der Waals surface area contributed by atoms with Gasteiger partial charge in [-0.25, -0.2) is 4.39 Å². The van der Waals surface area contributed by atoms with Crippen LogP contribution in [0, 0.1) is 5.82 Å². The summed E-state index contributed by atoms with van der Waals surface area (Å²) in [5, 5.41) is 0. The van der Waals surface area contributed by atoms with Gasteiger partial charge in [-0.15, -0.1) is 11.8 Å². The van der Waals surface area contributed by atoms with Crippen LogP contribution in [-0.2, 0) is 4.79 Å². The van der Waals surface area contributed by atoms with Crippen LogP contribution in [-0.4, -0.2) is 66.8 Å². The number of piperazine rings is 1. The average molecular weight is 406 g/mol. The molecule has 28 heavy (non-hydrogen) atoms. The van der Waals surface area contributed by atoms with Gasteiger partial charge in [-0.1, -0.05) is 19.3 Å². The van der Waals surface area contributed by atoms with E-state index in [1.807, 2.05) is 4.90 Å². The minimum Gasteiger partial charge on any atom is -0.311 e. The smallest absolute Gasteiger partial charge is 0.237 e. The highest BCUT2D eigenvalue weighted by Crippen LogP contribution is 2.35. The van der Waals surface area contributed by atoms with E-state index >= 15 is 0 Å². The van der Waals surface area contributed by atoms with E-state index < -0.39 is 0 Å². The summed E-state index contributed by atoms with van der Waals surface area (Å²) >= 11 is 1.44. The topological polar surface area (TPSA) is 26.8 Å². The van der Waals surface area contributed by atoms with E-state index in [0.29, 0.717) is 5.75 Å². The van der Waals surface area contributed by atoms with Crippen LogP contribution in [0.15, 0.2) is 23.1 Å². The van der Waals surface area contributed by atoms with Gasteiger partial charge in [0.2, 0.25) is 5.91 Å². The van der Waals surface area contributed by atoms with Gasteiger partial charge in [0.05, 0.1) is 11.4 Å². The third-order valence-electron chi connectivity index (χ3n) is 6.47. The molecule has 0 atom stereocenters. The zero-order chi connectivity index (χ0) is 19.3. The van der Waals surface area contributed by atoms with Crippen LogP contribution >= 0.6 is 11.8 Å². The van der Waals surface area contributed by atoms with Crippen molar-refractivity contribution < 1.29 is 9.18 Å². The molecule has 154 valence electrons. The Labute approximate surface area is 172 Å². The molecular formula is C22H32FN3OS. The summed E-state index contributed by atoms with van der Waals surface area (Å²) in [5.41, 5.74) is 0.878. The Morgan fingerprint density at radius 3 is 2.54 bits per heavy atom. The van der Waals surface area contributed by atoms with Crippen molar-refractivity contribution in [3.05, 3.63) is 24.0 Å². The van der Waals surface area contributed by atoms with Gasteiger partial charge < -0.3 is 9.80 Å². The quantitative estimate of drug-likeness (QED) is 0.669. The number of thioether (sulfide) groups is 1. The van der Waals surface area contributed by atoms with Crippen molar-refractivity contribution in [2.24, 2.45) is 0 Å². The molecule has 6 heteroatoms. The zero-order valence-electron chi connectivity index (χ0n) is 16.7. The highest BCUT2D eigenvalue weighted by atomic mass is 32.2. The number of rotatable bonds is 6. The number of nitrogens with zero attached hydrogens (tertiary/aromatic N) is 3. The number of carbonyl (C=O) groups is 1. The average Bonchev–Trinajstić information content (AvgIpc) is 2.73. The molecule has 1 aromatic rings. The Balaban J connectivity index is 1.19. The van der Waals surface area contributed by atoms with Crippen LogP contribution in [0.25, 0.3) is 0 Å². The second kappa shape index (κ2) is 9.59. The maximum atomic E-state index is 13.5. The Morgan fingerprint density at radius 1 is 1.00 bits per heavy atom. The van der Waals surface area contributed by atoms with E-state index in [0.717, 1.165) is 42.6 Å². The molecule has 0 spiro atoms. The van der Waals surface area contributed by atoms with E-state index in [1.165, 1.54) is 76.1 Å². The maximum Gasteiger partial charge on any atom is 0.237 e. The summed E-state index contributed by atoms with van der Waals surface area (Å²) in [6, 6.07) is 5.59. The molecule has 1 amide bonds. The highest BCUT2D eigenvalue weighted by molar-refractivity contribution is 8.00. The van der Waals surface area contributed by atoms with Crippen molar-refractivity contribution >= 4 is 23.4 Å². The van der Waals surface area contributed by atoms with Crippen LogP contribution in [0.2, 0.25) is 0 Å². The van der Waals surface area contributed by atoms with Crippen molar-refractivity contribution in [3.8, 4) is 0 Å². The Hall–Kier alpha value is -1.11. The number of fused-ring (bicyclic) bond motifs is 1. The summed E-state index contributed by atoms with van der Waals surface area (Å²) in [4.78, 5) is 20.4. The number of amides is 1. The van der Waals surface area contributed by atoms with Crippen LogP contribution in [0.3, 0.4) is 0 Å². The number of benzene rings is 1. The molecule has 4 nitrogen and oxygen atoms in total. The van der Waals surface area contributed by atoms with Crippen LogP contribution in [0.1, 0.15) is 44.9 Å². The third kappa shape index (κ3) is 4.89. The highest BCUT2D eigenvalue weighted by Gasteiger charge is 2.26. The molecule has 2 fully saturated rings. The van der Waals surface area contributed by atoms with E-state index in [2.05, 4.69) is 9.80 Å². The van der Waals surface area contributed by atoms with Gasteiger partial charge in [-0.2, -0.15) is 0 Å². The standard InChI is InChI=1S/C22H32FN3OS/c23-18-8-9-20-21(16-18)28-17-22(27)26(20)11-5-4-10-24-12-14-25(15-13-24)19-6-2-1-3-7-19/h8-9,16,19H,1-7,10-15,17H2. The van der Waals surface area contributed by atoms with Crippen LogP contribution < -0.4 is 4.90 Å². The minimum absolute atomic E-state index is 0.144. The van der Waals surface area contributed by atoms with Gasteiger partial charge in [0.15, 0.2) is 0 Å². The van der Waals surface area contributed by atoms with Gasteiger partial charge in [-0.05, 0) is 50.4 Å². The van der Waals surface area contributed by atoms with Crippen molar-refractivity contribution in [1.29, 1.82) is 0 Å². The second-order valence-corrected chi connectivity index (χ2v) is 9.34. The predicted molar refractivity (Wildman–Crippen MR) is 114 cm³/mol. The molecule has 1 aliphatic carbocycles. The SMILES string of the molecule is O=C1CSc2cc(F)ccc2N1CCCCN1CCN(C2CCCCC2)CC1. The first-order valence-electron chi connectivity index (χ1n) is 10.9. The van der Waals surface area contributed by atoms with Gasteiger partial charge in [0.1, 0.15) is 5.82 Å². The van der Waals surface area contributed by atoms with Crippen molar-refractivity contribution in [3.63, 3.8) is 0 Å². The number of hydrogen-bond acceptors (Lipinski definition) is 4. The molecule has 0 aromatic heterocycles. The van der Waals surface area contributed by atoms with E-state index in [-0.39, 0.29) is 11.7 Å². The first-order chi connectivity index (χ1) is 13.7. The fourth-order valence-corrected chi connectivity index (χ4v) is 5.78. The Kier molecular flexibility index (Phi) is 6.91. The lowest BCUT2D eigenvalue weighted by molar-refractivity contribution is -0.116. The lowest BCUT2D eigenvalue weighted by Crippen LogP contribution is -2.50. The first-order valence-corrected chi connectivity index (χ1v) is 11.9. The van der Waals surface area contributed by atoms with E-state index in [4.69, 9.17) is 0 Å². The number of carbonyl (C=O) groups excluding carboxylic acids is 1. The van der Waals surface area contributed by atoms with Crippen molar-refractivity contribution in [1.82, 2.24) is 9.80 Å². The molecule has 0 radical (unpaired) electrons. The molecule has 1 saturated carbocycles. The van der Waals surface area contributed by atoms with Gasteiger partial charge in [0, 0.05) is 43.7 Å². The molecule has 4 rings (SSSR count). The number of anilines is 1. The normalized spacial score (nSPS) is 22.5. The third-order valence-corrected chi connectivity index (χ3v) is 7.50. The number of unbranched alkanes of at least 4 members (excludes halogenated alkanes) is 1. The molecule has 1 aromatic carbocycles. The molecule has 3 aliphatic rings. The van der Waals surface area contributed by atoms with Crippen molar-refractivity contribution in [2.75, 3.05) is 49.9 Å². The molecular weight excluding hydrogens is 373 g/mol. The summed E-state index contributed by atoms with van der Waals surface area (Å²) in [6.45, 7) is 6.64. The van der Waals surface area contributed by atoms with Gasteiger partial charge in [0.25, 0.3) is 0 Å². The summed E-state index contributed by atoms with van der Waals surface area (Å²) in [7, 11) is 0. The second-order valence-electron chi connectivity index (χ2n) is 8.32. The van der Waals surface area contributed by atoms with E-state index in [9.17, 15) is 9.18 Å². The number of halogens is 1. The molecule has 0 N–H and O–H groups in total. The van der Waals surface area contributed by atoms with Gasteiger partial charge >= 0.3 is 0 Å². The predicted octanol–water partition coefficient (Wildman–Crippen LogP) is 3.99. The van der Waals surface area contributed by atoms with E-state index in [1.54, 1.807) is 12.1 Å². The van der Waals surface area contributed by atoms with Crippen LogP contribution in [0.5, 0.6) is 0 Å². The molecule has 1 saturated heterocycles. The van der Waals surface area contributed by atoms with Crippen molar-refractivity contribution in [2.45, 2.75) is 55.9 Å². The Bertz CT molecular complexity index is 672. The monoisotopic (exact) mass is 405 g/mol. The largest absolute Gasteiger partial charge is 0.311 e. The molecule has 0 unspecified atom stereocenters. The molecule has 0 bridgehead atoms. The fraction of sp³-hybridized carbons (Fsp3) is 0.682. The van der Waals surface area contributed by atoms with Gasteiger partial charge in [-0.3, -0.25) is 9.69 Å². The van der Waals surface area contributed by atoms with Crippen LogP contribution in [0.4, 0.5) is 10.1 Å². The summed E-state index contributed by atoms with van der Waals surface area (Å²) in [5.74, 6) is 0.331. The zero-order valence-corrected chi connectivity index (χ0v) is 17.6. The maximum absolute atomic E-state index is 13.5. The molecule has 2 heterocycles. The fourth-order valence-electron chi connectivity index (χ4n) is 4.83. The first kappa shape index (κ1) is 20.2. The lowest BCUT2D eigenvalue weighted by Gasteiger charge is -2.40. The lowest BCUT2D eigenvalue weighted by atomic mass is 9.94.